The summed E-state index contributed by atoms with van der Waals surface area (Å²) in [6.07, 6.45) is 3.36. The highest BCUT2D eigenvalue weighted by molar-refractivity contribution is 5.51. The van der Waals surface area contributed by atoms with Gasteiger partial charge in [-0.1, -0.05) is 26.8 Å². The first-order valence-corrected chi connectivity index (χ1v) is 8.38. The van der Waals surface area contributed by atoms with E-state index in [0.717, 1.165) is 37.2 Å². The van der Waals surface area contributed by atoms with Crippen LogP contribution in [-0.2, 0) is 12.8 Å². The number of methoxy groups -OCH3 is 1. The SMILES string of the molecule is CCc1cc2c(c(OC)c1)O[C@]1(C)CC[C@@H](O)C(C)(C)[C@H]1C2. The van der Waals surface area contributed by atoms with Gasteiger partial charge in [-0.3, -0.25) is 0 Å². The van der Waals surface area contributed by atoms with Crippen LogP contribution in [0, 0.1) is 11.3 Å². The van der Waals surface area contributed by atoms with Crippen molar-refractivity contribution in [1.29, 1.82) is 0 Å². The number of aliphatic hydroxyl groups is 1. The molecule has 3 atom stereocenters. The summed E-state index contributed by atoms with van der Waals surface area (Å²) in [6, 6.07) is 4.33. The molecule has 1 aromatic rings. The molecule has 1 aromatic carbocycles. The Morgan fingerprint density at radius 2 is 2.05 bits per heavy atom. The number of aryl methyl sites for hydroxylation is 1. The van der Waals surface area contributed by atoms with E-state index in [2.05, 4.69) is 39.8 Å². The van der Waals surface area contributed by atoms with Gasteiger partial charge in [-0.2, -0.15) is 0 Å². The molecule has 2 aliphatic rings. The Kier molecular flexibility index (Phi) is 3.67. The van der Waals surface area contributed by atoms with Crippen LogP contribution in [0.5, 0.6) is 11.5 Å². The lowest BCUT2D eigenvalue weighted by atomic mass is 9.57. The van der Waals surface area contributed by atoms with Gasteiger partial charge in [0, 0.05) is 5.92 Å². The number of rotatable bonds is 2. The molecule has 0 aromatic heterocycles. The van der Waals surface area contributed by atoms with Gasteiger partial charge in [-0.25, -0.2) is 0 Å². The van der Waals surface area contributed by atoms with Gasteiger partial charge >= 0.3 is 0 Å². The predicted octanol–water partition coefficient (Wildman–Crippen LogP) is 3.75. The highest BCUT2D eigenvalue weighted by Crippen LogP contribution is 2.54. The smallest absolute Gasteiger partial charge is 0.165 e. The molecule has 0 saturated heterocycles. The summed E-state index contributed by atoms with van der Waals surface area (Å²) >= 11 is 0. The van der Waals surface area contributed by atoms with Gasteiger partial charge in [-0.15, -0.1) is 0 Å². The van der Waals surface area contributed by atoms with E-state index in [-0.39, 0.29) is 17.1 Å². The van der Waals surface area contributed by atoms with Crippen LogP contribution in [0.15, 0.2) is 12.1 Å². The first-order valence-electron chi connectivity index (χ1n) is 8.38. The second-order valence-corrected chi connectivity index (χ2v) is 7.69. The second kappa shape index (κ2) is 5.16. The van der Waals surface area contributed by atoms with E-state index in [1.165, 1.54) is 11.1 Å². The molecule has 1 heterocycles. The first kappa shape index (κ1) is 15.7. The average molecular weight is 304 g/mol. The van der Waals surface area contributed by atoms with E-state index in [0.29, 0.717) is 5.92 Å². The minimum absolute atomic E-state index is 0.139. The van der Waals surface area contributed by atoms with Crippen LogP contribution in [0.2, 0.25) is 0 Å². The highest BCUT2D eigenvalue weighted by atomic mass is 16.5. The number of benzene rings is 1. The molecule has 1 saturated carbocycles. The molecule has 3 heteroatoms. The number of fused-ring (bicyclic) bond motifs is 2. The van der Waals surface area contributed by atoms with E-state index in [1.54, 1.807) is 7.11 Å². The lowest BCUT2D eigenvalue weighted by Gasteiger charge is -2.55. The van der Waals surface area contributed by atoms with Gasteiger partial charge in [0.25, 0.3) is 0 Å². The maximum Gasteiger partial charge on any atom is 0.165 e. The van der Waals surface area contributed by atoms with E-state index >= 15 is 0 Å². The third kappa shape index (κ3) is 2.21. The molecular formula is C19H28O3. The fourth-order valence-electron chi connectivity index (χ4n) is 4.39. The summed E-state index contributed by atoms with van der Waals surface area (Å²) in [7, 11) is 1.71. The Balaban J connectivity index is 2.08. The minimum atomic E-state index is -0.257. The number of hydrogen-bond donors (Lipinski definition) is 1. The standard InChI is InChI=1S/C19H28O3/c1-6-12-9-13-11-15-18(2,3)16(20)7-8-19(15,4)22-17(13)14(10-12)21-5/h9-10,15-16,20H,6-8,11H2,1-5H3/t15-,16-,19-/m1/s1. The molecule has 1 fully saturated rings. The van der Waals surface area contributed by atoms with E-state index in [4.69, 9.17) is 9.47 Å². The van der Waals surface area contributed by atoms with Crippen molar-refractivity contribution in [3.63, 3.8) is 0 Å². The monoisotopic (exact) mass is 304 g/mol. The summed E-state index contributed by atoms with van der Waals surface area (Å²) in [5.74, 6) is 2.07. The van der Waals surface area contributed by atoms with Crippen molar-refractivity contribution in [3.05, 3.63) is 23.3 Å². The van der Waals surface area contributed by atoms with Gasteiger partial charge < -0.3 is 14.6 Å². The van der Waals surface area contributed by atoms with Crippen molar-refractivity contribution >= 4 is 0 Å². The van der Waals surface area contributed by atoms with Gasteiger partial charge in [0.1, 0.15) is 5.60 Å². The quantitative estimate of drug-likeness (QED) is 0.904. The van der Waals surface area contributed by atoms with Crippen molar-refractivity contribution in [2.24, 2.45) is 11.3 Å². The van der Waals surface area contributed by atoms with Gasteiger partial charge in [0.15, 0.2) is 11.5 Å². The van der Waals surface area contributed by atoms with Crippen LogP contribution in [0.3, 0.4) is 0 Å². The van der Waals surface area contributed by atoms with Crippen molar-refractivity contribution in [2.45, 2.75) is 65.1 Å². The first-order chi connectivity index (χ1) is 10.3. The average Bonchev–Trinajstić information content (AvgIpc) is 2.49. The van der Waals surface area contributed by atoms with E-state index in [9.17, 15) is 5.11 Å². The predicted molar refractivity (Wildman–Crippen MR) is 87.6 cm³/mol. The summed E-state index contributed by atoms with van der Waals surface area (Å²) in [5, 5.41) is 10.5. The molecule has 0 unspecified atom stereocenters. The number of ether oxygens (including phenoxy) is 2. The maximum atomic E-state index is 10.5. The third-order valence-corrected chi connectivity index (χ3v) is 5.99. The second-order valence-electron chi connectivity index (χ2n) is 7.69. The zero-order chi connectivity index (χ0) is 16.1. The summed E-state index contributed by atoms with van der Waals surface area (Å²) in [5.41, 5.74) is 2.13. The van der Waals surface area contributed by atoms with E-state index in [1.807, 2.05) is 0 Å². The largest absolute Gasteiger partial charge is 0.493 e. The number of aliphatic hydroxyl groups excluding tert-OH is 1. The fraction of sp³-hybridized carbons (Fsp3) is 0.684. The Hall–Kier alpha value is -1.22. The third-order valence-electron chi connectivity index (χ3n) is 5.99. The normalized spacial score (nSPS) is 32.6. The molecule has 1 N–H and O–H groups in total. The van der Waals surface area contributed by atoms with Crippen LogP contribution in [0.25, 0.3) is 0 Å². The Bertz CT molecular complexity index is 578. The maximum absolute atomic E-state index is 10.5. The Morgan fingerprint density at radius 3 is 2.68 bits per heavy atom. The van der Waals surface area contributed by atoms with Crippen LogP contribution >= 0.6 is 0 Å². The molecule has 0 radical (unpaired) electrons. The number of hydrogen-bond acceptors (Lipinski definition) is 3. The van der Waals surface area contributed by atoms with Crippen molar-refractivity contribution < 1.29 is 14.6 Å². The van der Waals surface area contributed by atoms with Crippen LogP contribution in [0.4, 0.5) is 0 Å². The minimum Gasteiger partial charge on any atom is -0.493 e. The van der Waals surface area contributed by atoms with Gasteiger partial charge in [-0.05, 0) is 55.2 Å². The molecule has 22 heavy (non-hydrogen) atoms. The molecule has 1 aliphatic heterocycles. The van der Waals surface area contributed by atoms with E-state index < -0.39 is 0 Å². The summed E-state index contributed by atoms with van der Waals surface area (Å²) < 4.78 is 12.1. The van der Waals surface area contributed by atoms with Crippen LogP contribution in [0.1, 0.15) is 51.7 Å². The topological polar surface area (TPSA) is 38.7 Å². The fourth-order valence-corrected chi connectivity index (χ4v) is 4.39. The zero-order valence-corrected chi connectivity index (χ0v) is 14.4. The Morgan fingerprint density at radius 1 is 1.32 bits per heavy atom. The zero-order valence-electron chi connectivity index (χ0n) is 14.4. The lowest BCUT2D eigenvalue weighted by Crippen LogP contribution is -2.58. The lowest BCUT2D eigenvalue weighted by molar-refractivity contribution is -0.138. The van der Waals surface area contributed by atoms with Crippen LogP contribution < -0.4 is 9.47 Å². The van der Waals surface area contributed by atoms with Gasteiger partial charge in [0.05, 0.1) is 13.2 Å². The van der Waals surface area contributed by atoms with Crippen molar-refractivity contribution in [3.8, 4) is 11.5 Å². The molecule has 3 rings (SSSR count). The molecule has 3 nitrogen and oxygen atoms in total. The molecule has 122 valence electrons. The van der Waals surface area contributed by atoms with Crippen molar-refractivity contribution in [2.75, 3.05) is 7.11 Å². The summed E-state index contributed by atoms with van der Waals surface area (Å²) in [4.78, 5) is 0. The summed E-state index contributed by atoms with van der Waals surface area (Å²) in [6.45, 7) is 8.70. The van der Waals surface area contributed by atoms with Crippen LogP contribution in [-0.4, -0.2) is 23.9 Å². The molecule has 1 aliphatic carbocycles. The van der Waals surface area contributed by atoms with Gasteiger partial charge in [0.2, 0.25) is 0 Å². The highest BCUT2D eigenvalue weighted by Gasteiger charge is 2.54. The molecule has 0 amide bonds. The van der Waals surface area contributed by atoms with Crippen molar-refractivity contribution in [1.82, 2.24) is 0 Å². The molecule has 0 spiro atoms. The molecule has 0 bridgehead atoms. The Labute approximate surface area is 133 Å². The molecular weight excluding hydrogens is 276 g/mol.